The number of hydrogen-bond acceptors (Lipinski definition) is 3. The van der Waals surface area contributed by atoms with Crippen LogP contribution in [-0.2, 0) is 4.79 Å². The van der Waals surface area contributed by atoms with Gasteiger partial charge < -0.3 is 10.1 Å². The second-order valence-electron chi connectivity index (χ2n) is 5.55. The minimum Gasteiger partial charge on any atom is -0.489 e. The normalized spacial score (nSPS) is 12.1. The van der Waals surface area contributed by atoms with Crippen LogP contribution in [0.5, 0.6) is 5.75 Å². The van der Waals surface area contributed by atoms with Crippen LogP contribution in [0, 0.1) is 17.5 Å². The molecule has 2 aromatic carbocycles. The summed E-state index contributed by atoms with van der Waals surface area (Å²) >= 11 is 0. The van der Waals surface area contributed by atoms with E-state index in [1.54, 1.807) is 31.0 Å². The molecule has 1 amide bonds. The number of nitrogens with zero attached hydrogens (tertiary/aromatic N) is 1. The van der Waals surface area contributed by atoms with E-state index in [2.05, 4.69) is 5.32 Å². The quantitative estimate of drug-likeness (QED) is 0.830. The van der Waals surface area contributed by atoms with Crippen molar-refractivity contribution in [3.05, 3.63) is 59.9 Å². The van der Waals surface area contributed by atoms with Gasteiger partial charge in [-0.3, -0.25) is 9.69 Å². The predicted molar refractivity (Wildman–Crippen MR) is 89.0 cm³/mol. The standard InChI is InChI=1S/C18H19F3N2O2/c1-12(18(24)22-16-8-7-13(19)11-15(16)21)23(2)9-10-25-17-6-4-3-5-14(17)20/h3-8,11-12H,9-10H2,1-2H3,(H,22,24). The summed E-state index contributed by atoms with van der Waals surface area (Å²) in [6, 6.07) is 8.38. The number of hydrogen-bond donors (Lipinski definition) is 1. The number of likely N-dealkylation sites (N-methyl/N-ethyl adjacent to an activating group) is 1. The Morgan fingerprint density at radius 2 is 1.88 bits per heavy atom. The fourth-order valence-corrected chi connectivity index (χ4v) is 2.08. The highest BCUT2D eigenvalue weighted by molar-refractivity contribution is 5.94. The van der Waals surface area contributed by atoms with E-state index in [9.17, 15) is 18.0 Å². The Balaban J connectivity index is 1.85. The van der Waals surface area contributed by atoms with Crippen molar-refractivity contribution < 1.29 is 22.7 Å². The fraction of sp³-hybridized carbons (Fsp3) is 0.278. The SMILES string of the molecule is CC(C(=O)Nc1ccc(F)cc1F)N(C)CCOc1ccccc1F. The van der Waals surface area contributed by atoms with Gasteiger partial charge in [0.2, 0.25) is 5.91 Å². The zero-order chi connectivity index (χ0) is 18.4. The number of nitrogens with one attached hydrogen (secondary N) is 1. The molecule has 0 radical (unpaired) electrons. The van der Waals surface area contributed by atoms with Crippen LogP contribution in [0.15, 0.2) is 42.5 Å². The second-order valence-corrected chi connectivity index (χ2v) is 5.55. The highest BCUT2D eigenvalue weighted by Crippen LogP contribution is 2.16. The van der Waals surface area contributed by atoms with Crippen LogP contribution in [0.1, 0.15) is 6.92 Å². The summed E-state index contributed by atoms with van der Waals surface area (Å²) < 4.78 is 45.2. The molecule has 134 valence electrons. The Morgan fingerprint density at radius 3 is 2.56 bits per heavy atom. The number of rotatable bonds is 7. The Labute approximate surface area is 144 Å². The number of carbonyl (C=O) groups is 1. The molecular weight excluding hydrogens is 333 g/mol. The molecule has 1 unspecified atom stereocenters. The summed E-state index contributed by atoms with van der Waals surface area (Å²) in [5.74, 6) is -2.32. The third kappa shape index (κ3) is 5.22. The van der Waals surface area contributed by atoms with Crippen molar-refractivity contribution in [1.82, 2.24) is 4.90 Å². The van der Waals surface area contributed by atoms with Gasteiger partial charge in [-0.2, -0.15) is 0 Å². The van der Waals surface area contributed by atoms with Crippen molar-refractivity contribution >= 4 is 11.6 Å². The molecule has 1 atom stereocenters. The molecule has 0 aliphatic carbocycles. The lowest BCUT2D eigenvalue weighted by atomic mass is 10.2. The lowest BCUT2D eigenvalue weighted by Gasteiger charge is -2.24. The Hall–Kier alpha value is -2.54. The third-order valence-corrected chi connectivity index (χ3v) is 3.77. The van der Waals surface area contributed by atoms with Crippen molar-refractivity contribution in [2.24, 2.45) is 0 Å². The van der Waals surface area contributed by atoms with E-state index in [1.165, 1.54) is 12.1 Å². The minimum absolute atomic E-state index is 0.0887. The lowest BCUT2D eigenvalue weighted by molar-refractivity contribution is -0.120. The van der Waals surface area contributed by atoms with Gasteiger partial charge in [0.05, 0.1) is 11.7 Å². The molecule has 0 heterocycles. The molecule has 2 rings (SSSR count). The van der Waals surface area contributed by atoms with E-state index in [4.69, 9.17) is 4.74 Å². The van der Waals surface area contributed by atoms with Gasteiger partial charge in [0.25, 0.3) is 0 Å². The Bertz CT molecular complexity index is 740. The monoisotopic (exact) mass is 352 g/mol. The van der Waals surface area contributed by atoms with E-state index in [0.29, 0.717) is 12.6 Å². The van der Waals surface area contributed by atoms with Crippen LogP contribution in [0.2, 0.25) is 0 Å². The minimum atomic E-state index is -0.842. The molecule has 2 aromatic rings. The first-order valence-electron chi connectivity index (χ1n) is 7.72. The van der Waals surface area contributed by atoms with Crippen LogP contribution in [-0.4, -0.2) is 37.0 Å². The average molecular weight is 352 g/mol. The number of anilines is 1. The van der Waals surface area contributed by atoms with Crippen LogP contribution < -0.4 is 10.1 Å². The first kappa shape index (κ1) is 18.8. The number of ether oxygens (including phenoxy) is 1. The lowest BCUT2D eigenvalue weighted by Crippen LogP contribution is -2.41. The number of benzene rings is 2. The summed E-state index contributed by atoms with van der Waals surface area (Å²) in [7, 11) is 1.69. The van der Waals surface area contributed by atoms with Gasteiger partial charge in [0.15, 0.2) is 11.6 Å². The Morgan fingerprint density at radius 1 is 1.16 bits per heavy atom. The molecule has 0 aromatic heterocycles. The molecule has 0 aliphatic heterocycles. The summed E-state index contributed by atoms with van der Waals surface area (Å²) in [5, 5.41) is 2.41. The number of amides is 1. The van der Waals surface area contributed by atoms with E-state index in [-0.39, 0.29) is 18.0 Å². The maximum Gasteiger partial charge on any atom is 0.241 e. The van der Waals surface area contributed by atoms with Gasteiger partial charge in [-0.25, -0.2) is 13.2 Å². The second kappa shape index (κ2) is 8.53. The molecule has 0 fully saturated rings. The van der Waals surface area contributed by atoms with Crippen LogP contribution in [0.4, 0.5) is 18.9 Å². The van der Waals surface area contributed by atoms with Crippen LogP contribution in [0.3, 0.4) is 0 Å². The topological polar surface area (TPSA) is 41.6 Å². The van der Waals surface area contributed by atoms with Gasteiger partial charge >= 0.3 is 0 Å². The summed E-state index contributed by atoms with van der Waals surface area (Å²) in [5.41, 5.74) is -0.0887. The summed E-state index contributed by atoms with van der Waals surface area (Å²) in [4.78, 5) is 13.8. The highest BCUT2D eigenvalue weighted by atomic mass is 19.1. The zero-order valence-corrected chi connectivity index (χ0v) is 13.9. The van der Waals surface area contributed by atoms with Crippen LogP contribution in [0.25, 0.3) is 0 Å². The largest absolute Gasteiger partial charge is 0.489 e. The van der Waals surface area contributed by atoms with Gasteiger partial charge in [0, 0.05) is 12.6 Å². The molecule has 0 spiro atoms. The van der Waals surface area contributed by atoms with Gasteiger partial charge in [-0.15, -0.1) is 0 Å². The highest BCUT2D eigenvalue weighted by Gasteiger charge is 2.19. The number of para-hydroxylation sites is 1. The van der Waals surface area contributed by atoms with Crippen molar-refractivity contribution in [3.63, 3.8) is 0 Å². The van der Waals surface area contributed by atoms with Gasteiger partial charge in [-0.05, 0) is 38.2 Å². The average Bonchev–Trinajstić information content (AvgIpc) is 2.58. The van der Waals surface area contributed by atoms with Crippen molar-refractivity contribution in [2.45, 2.75) is 13.0 Å². The molecule has 0 bridgehead atoms. The number of halogens is 3. The molecule has 0 saturated heterocycles. The first-order valence-corrected chi connectivity index (χ1v) is 7.72. The van der Waals surface area contributed by atoms with Crippen LogP contribution >= 0.6 is 0 Å². The van der Waals surface area contributed by atoms with Gasteiger partial charge in [0.1, 0.15) is 18.2 Å². The van der Waals surface area contributed by atoms with E-state index < -0.39 is 29.4 Å². The molecule has 4 nitrogen and oxygen atoms in total. The van der Waals surface area contributed by atoms with Crippen molar-refractivity contribution in [1.29, 1.82) is 0 Å². The fourth-order valence-electron chi connectivity index (χ4n) is 2.08. The van der Waals surface area contributed by atoms with E-state index in [0.717, 1.165) is 12.1 Å². The van der Waals surface area contributed by atoms with Crippen molar-refractivity contribution in [3.8, 4) is 5.75 Å². The van der Waals surface area contributed by atoms with Crippen molar-refractivity contribution in [2.75, 3.05) is 25.5 Å². The maximum atomic E-state index is 13.6. The first-order chi connectivity index (χ1) is 11.9. The zero-order valence-electron chi connectivity index (χ0n) is 13.9. The predicted octanol–water partition coefficient (Wildman–Crippen LogP) is 3.44. The summed E-state index contributed by atoms with van der Waals surface area (Å²) in [6.45, 7) is 2.18. The molecule has 0 aliphatic rings. The molecular formula is C18H19F3N2O2. The molecule has 7 heteroatoms. The Kier molecular flexibility index (Phi) is 6.41. The summed E-state index contributed by atoms with van der Waals surface area (Å²) in [6.07, 6.45) is 0. The third-order valence-electron chi connectivity index (χ3n) is 3.77. The maximum absolute atomic E-state index is 13.6. The molecule has 0 saturated carbocycles. The molecule has 25 heavy (non-hydrogen) atoms. The smallest absolute Gasteiger partial charge is 0.241 e. The molecule has 1 N–H and O–H groups in total. The van der Waals surface area contributed by atoms with Gasteiger partial charge in [-0.1, -0.05) is 12.1 Å². The number of carbonyl (C=O) groups excluding carboxylic acids is 1. The van der Waals surface area contributed by atoms with E-state index >= 15 is 0 Å². The van der Waals surface area contributed by atoms with E-state index in [1.807, 2.05) is 0 Å².